The lowest BCUT2D eigenvalue weighted by Gasteiger charge is -2.56. The molecule has 7 nitrogen and oxygen atoms in total. The lowest BCUT2D eigenvalue weighted by molar-refractivity contribution is -0.142. The fourth-order valence-corrected chi connectivity index (χ4v) is 6.49. The number of fused-ring (bicyclic) bond motifs is 1. The number of aliphatic hydroxyl groups excluding tert-OH is 1. The van der Waals surface area contributed by atoms with Crippen molar-refractivity contribution in [2.24, 2.45) is 29.1 Å². The van der Waals surface area contributed by atoms with E-state index in [-0.39, 0.29) is 46.9 Å². The van der Waals surface area contributed by atoms with Gasteiger partial charge in [0.2, 0.25) is 5.91 Å². The van der Waals surface area contributed by atoms with Gasteiger partial charge in [-0.05, 0) is 84.7 Å². The van der Waals surface area contributed by atoms with Crippen molar-refractivity contribution in [2.75, 3.05) is 0 Å². The minimum Gasteiger partial charge on any atom is -0.392 e. The summed E-state index contributed by atoms with van der Waals surface area (Å²) in [4.78, 5) is 30.0. The van der Waals surface area contributed by atoms with E-state index in [1.807, 2.05) is 19.1 Å². The first-order chi connectivity index (χ1) is 17.2. The average molecular weight is 489 g/mol. The Kier molecular flexibility index (Phi) is 7.75. The van der Waals surface area contributed by atoms with Crippen LogP contribution in [-0.2, 0) is 11.3 Å². The Balaban J connectivity index is 1.42. The predicted molar refractivity (Wildman–Crippen MR) is 136 cm³/mol. The van der Waals surface area contributed by atoms with Crippen molar-refractivity contribution in [3.8, 4) is 6.07 Å². The summed E-state index contributed by atoms with van der Waals surface area (Å²) in [7, 11) is 0. The predicted octanol–water partition coefficient (Wildman–Crippen LogP) is 3.83. The Morgan fingerprint density at radius 3 is 2.61 bits per heavy atom. The summed E-state index contributed by atoms with van der Waals surface area (Å²) in [6.07, 6.45) is 6.37. The van der Waals surface area contributed by atoms with Crippen LogP contribution in [0.2, 0.25) is 0 Å². The van der Waals surface area contributed by atoms with Gasteiger partial charge in [-0.15, -0.1) is 0 Å². The largest absolute Gasteiger partial charge is 0.392 e. The molecule has 2 saturated carbocycles. The normalized spacial score (nSPS) is 30.4. The monoisotopic (exact) mass is 488 g/mol. The van der Waals surface area contributed by atoms with Gasteiger partial charge in [-0.3, -0.25) is 14.6 Å². The standard InChI is InChI=1S/C29H36N4O3/c1-18(27(35)32-17-21-5-4-14-31-16-21)23-10-12-29(3)13-11-24(19(2)25(29)26(23)34)33-28(36)22-8-6-20(15-30)7-9-22/h4-9,14,16,18-19,23-26,34H,10-13,17H2,1-3H3,(H,32,35)(H,33,36)/t18-,19+,23?,24-,25+,26-,29-/m0/s1. The molecule has 2 aliphatic rings. The number of nitriles is 1. The molecule has 7 heteroatoms. The molecule has 1 heterocycles. The van der Waals surface area contributed by atoms with Gasteiger partial charge in [0.25, 0.3) is 5.91 Å². The van der Waals surface area contributed by atoms with E-state index in [4.69, 9.17) is 5.26 Å². The number of pyridine rings is 1. The minimum atomic E-state index is -0.618. The Morgan fingerprint density at radius 2 is 1.94 bits per heavy atom. The van der Waals surface area contributed by atoms with Crippen LogP contribution in [0.5, 0.6) is 0 Å². The van der Waals surface area contributed by atoms with Gasteiger partial charge in [-0.1, -0.05) is 26.8 Å². The van der Waals surface area contributed by atoms with Gasteiger partial charge in [0, 0.05) is 36.5 Å². The molecule has 3 N–H and O–H groups in total. The SMILES string of the molecule is C[C@H]1[C@@H]2[C@@H](O)C([C@H](C)C(=O)NCc3cccnc3)CC[C@@]2(C)CC[C@@H]1NC(=O)c1ccc(C#N)cc1. The third kappa shape index (κ3) is 5.29. The third-order valence-electron chi connectivity index (χ3n) is 8.73. The van der Waals surface area contributed by atoms with E-state index in [2.05, 4.69) is 35.5 Å². The highest BCUT2D eigenvalue weighted by Crippen LogP contribution is 2.55. The van der Waals surface area contributed by atoms with E-state index in [0.29, 0.717) is 17.7 Å². The van der Waals surface area contributed by atoms with Crippen molar-refractivity contribution < 1.29 is 14.7 Å². The molecule has 36 heavy (non-hydrogen) atoms. The molecule has 7 atom stereocenters. The van der Waals surface area contributed by atoms with Gasteiger partial charge in [0.05, 0.1) is 17.7 Å². The van der Waals surface area contributed by atoms with Crippen LogP contribution in [-0.4, -0.2) is 34.1 Å². The second-order valence-corrected chi connectivity index (χ2v) is 10.9. The van der Waals surface area contributed by atoms with Crippen LogP contribution < -0.4 is 10.6 Å². The van der Waals surface area contributed by atoms with Gasteiger partial charge in [0.1, 0.15) is 0 Å². The first kappa shape index (κ1) is 25.8. The van der Waals surface area contributed by atoms with Crippen LogP contribution in [0.1, 0.15) is 67.9 Å². The Morgan fingerprint density at radius 1 is 1.22 bits per heavy atom. The Bertz CT molecular complexity index is 1110. The molecule has 2 fully saturated rings. The fourth-order valence-electron chi connectivity index (χ4n) is 6.49. The molecular weight excluding hydrogens is 452 g/mol. The number of aromatic nitrogens is 1. The summed E-state index contributed by atoms with van der Waals surface area (Å²) in [5.74, 6) is -0.612. The number of rotatable bonds is 6. The number of hydrogen-bond acceptors (Lipinski definition) is 5. The highest BCUT2D eigenvalue weighted by atomic mass is 16.3. The van der Waals surface area contributed by atoms with Gasteiger partial charge in [-0.2, -0.15) is 5.26 Å². The zero-order chi connectivity index (χ0) is 25.9. The maximum Gasteiger partial charge on any atom is 0.251 e. The number of amides is 2. The summed E-state index contributed by atoms with van der Waals surface area (Å²) in [6, 6.07) is 12.4. The van der Waals surface area contributed by atoms with Crippen molar-refractivity contribution >= 4 is 11.8 Å². The number of hydrogen-bond donors (Lipinski definition) is 3. The molecule has 1 aromatic carbocycles. The highest BCUT2D eigenvalue weighted by Gasteiger charge is 2.53. The van der Waals surface area contributed by atoms with Gasteiger partial charge >= 0.3 is 0 Å². The van der Waals surface area contributed by atoms with Crippen LogP contribution in [0.3, 0.4) is 0 Å². The molecule has 190 valence electrons. The summed E-state index contributed by atoms with van der Waals surface area (Å²) >= 11 is 0. The average Bonchev–Trinajstić information content (AvgIpc) is 2.89. The smallest absolute Gasteiger partial charge is 0.251 e. The van der Waals surface area contributed by atoms with Crippen molar-refractivity contribution in [3.63, 3.8) is 0 Å². The lowest BCUT2D eigenvalue weighted by Crippen LogP contribution is -2.58. The molecule has 0 radical (unpaired) electrons. The van der Waals surface area contributed by atoms with Crippen LogP contribution in [0, 0.1) is 40.4 Å². The van der Waals surface area contributed by atoms with E-state index in [1.54, 1.807) is 36.7 Å². The number of aliphatic hydroxyl groups is 1. The molecule has 0 saturated heterocycles. The molecule has 0 aliphatic heterocycles. The van der Waals surface area contributed by atoms with E-state index in [1.165, 1.54) is 0 Å². The molecule has 2 amide bonds. The Labute approximate surface area is 213 Å². The zero-order valence-electron chi connectivity index (χ0n) is 21.3. The molecule has 2 aliphatic carbocycles. The van der Waals surface area contributed by atoms with Crippen LogP contribution in [0.15, 0.2) is 48.8 Å². The van der Waals surface area contributed by atoms with E-state index in [9.17, 15) is 14.7 Å². The summed E-state index contributed by atoms with van der Waals surface area (Å²) < 4.78 is 0. The van der Waals surface area contributed by atoms with Gasteiger partial charge < -0.3 is 15.7 Å². The topological polar surface area (TPSA) is 115 Å². The fraction of sp³-hybridized carbons (Fsp3) is 0.517. The number of nitrogens with one attached hydrogen (secondary N) is 2. The van der Waals surface area contributed by atoms with Gasteiger partial charge in [0.15, 0.2) is 0 Å². The first-order valence-corrected chi connectivity index (χ1v) is 12.9. The second kappa shape index (κ2) is 10.8. The molecule has 2 aromatic rings. The van der Waals surface area contributed by atoms with Crippen molar-refractivity contribution in [3.05, 3.63) is 65.5 Å². The van der Waals surface area contributed by atoms with Crippen molar-refractivity contribution in [1.29, 1.82) is 5.26 Å². The molecule has 0 spiro atoms. The minimum absolute atomic E-state index is 0.00941. The van der Waals surface area contributed by atoms with Gasteiger partial charge in [-0.25, -0.2) is 0 Å². The molecule has 1 unspecified atom stereocenters. The van der Waals surface area contributed by atoms with Crippen LogP contribution >= 0.6 is 0 Å². The van der Waals surface area contributed by atoms with E-state index >= 15 is 0 Å². The quantitative estimate of drug-likeness (QED) is 0.572. The van der Waals surface area contributed by atoms with Crippen molar-refractivity contribution in [2.45, 2.75) is 65.1 Å². The molecule has 0 bridgehead atoms. The highest BCUT2D eigenvalue weighted by molar-refractivity contribution is 5.94. The maximum atomic E-state index is 13.0. The van der Waals surface area contributed by atoms with Crippen LogP contribution in [0.4, 0.5) is 0 Å². The van der Waals surface area contributed by atoms with Crippen LogP contribution in [0.25, 0.3) is 0 Å². The summed E-state index contributed by atoms with van der Waals surface area (Å²) in [5.41, 5.74) is 1.96. The summed E-state index contributed by atoms with van der Waals surface area (Å²) in [6.45, 7) is 6.69. The van der Waals surface area contributed by atoms with E-state index < -0.39 is 6.10 Å². The van der Waals surface area contributed by atoms with E-state index in [0.717, 1.165) is 31.2 Å². The Hall–Kier alpha value is -3.24. The molecule has 1 aromatic heterocycles. The zero-order valence-corrected chi connectivity index (χ0v) is 21.3. The third-order valence-corrected chi connectivity index (χ3v) is 8.73. The number of nitrogens with zero attached hydrogens (tertiary/aromatic N) is 2. The first-order valence-electron chi connectivity index (χ1n) is 12.9. The number of benzene rings is 1. The molecule has 4 rings (SSSR count). The lowest BCUT2D eigenvalue weighted by atomic mass is 9.51. The maximum absolute atomic E-state index is 13.0. The number of carbonyl (C=O) groups is 2. The molecular formula is C29H36N4O3. The summed E-state index contributed by atoms with van der Waals surface area (Å²) in [5, 5.41) is 26.8. The second-order valence-electron chi connectivity index (χ2n) is 10.9. The van der Waals surface area contributed by atoms with Crippen molar-refractivity contribution in [1.82, 2.24) is 15.6 Å². The number of carbonyl (C=O) groups excluding carboxylic acids is 2.